The van der Waals surface area contributed by atoms with E-state index in [0.29, 0.717) is 6.61 Å². The standard InChI is InChI=1S/C82H88N7OS3/c1-11-12-13-14-15-16-17-18-19-56-90-64-34-20-57(21-35-64)79-71-48-50-73(83-71)80(58-22-36-65(37-23-58)91-68-42-28-61(29-43-68)87(2,3)4)75-52-54-77(85-75)82(60-26-40-67(41-27-60)93-70-46-32-63(33-47-70)89(8,9)10)78-55-53-76(86-78)81(74-51-49-72(79)84-74)59-24-38-66(39-25-59)92-69-44-30-62(31-45-69)88(5,6)7/h20-55,83,86H,11-19,56H2,1-10H3/q+3. The summed E-state index contributed by atoms with van der Waals surface area (Å²) in [4.78, 5) is 26.4. The first kappa shape index (κ1) is 65.0. The predicted molar refractivity (Wildman–Crippen MR) is 404 cm³/mol. The highest BCUT2D eigenvalue weighted by atomic mass is 32.2. The first-order valence-corrected chi connectivity index (χ1v) is 35.4. The Labute approximate surface area is 564 Å². The zero-order valence-electron chi connectivity index (χ0n) is 55.7. The maximum absolute atomic E-state index is 6.41. The number of hydrogen-bond donors (Lipinski definition) is 2. The van der Waals surface area contributed by atoms with Gasteiger partial charge in [-0.05, 0) is 162 Å². The second-order valence-electron chi connectivity index (χ2n) is 27.1. The minimum atomic E-state index is 0.708. The summed E-state index contributed by atoms with van der Waals surface area (Å²) >= 11 is 5.33. The van der Waals surface area contributed by atoms with Crippen molar-refractivity contribution in [2.45, 2.75) is 94.1 Å². The Bertz CT molecular complexity index is 4350. The van der Waals surface area contributed by atoms with Gasteiger partial charge in [-0.25, -0.2) is 9.97 Å². The molecule has 0 saturated heterocycles. The Kier molecular flexibility index (Phi) is 20.0. The number of nitrogens with zero attached hydrogens (tertiary/aromatic N) is 5. The topological polar surface area (TPSA) is 66.6 Å². The van der Waals surface area contributed by atoms with Crippen molar-refractivity contribution in [2.75, 3.05) is 70.0 Å². The van der Waals surface area contributed by atoms with Crippen LogP contribution in [0.4, 0.5) is 17.1 Å². The lowest BCUT2D eigenvalue weighted by molar-refractivity contribution is 0.304. The van der Waals surface area contributed by atoms with Crippen molar-refractivity contribution in [1.82, 2.24) is 33.4 Å². The first-order valence-electron chi connectivity index (χ1n) is 32.9. The van der Waals surface area contributed by atoms with E-state index in [-0.39, 0.29) is 0 Å². The Hall–Kier alpha value is -8.13. The highest BCUT2D eigenvalue weighted by Gasteiger charge is 2.21. The fourth-order valence-corrected chi connectivity index (χ4v) is 14.6. The molecule has 8 bridgehead atoms. The largest absolute Gasteiger partial charge is 0.494 e. The maximum atomic E-state index is 6.41. The average molecular weight is 1280 g/mol. The fourth-order valence-electron chi connectivity index (χ4n) is 12.1. The highest BCUT2D eigenvalue weighted by molar-refractivity contribution is 7.99. The average Bonchev–Trinajstić information content (AvgIpc) is 1.63. The summed E-state index contributed by atoms with van der Waals surface area (Å²) in [7, 11) is 19.8. The fraction of sp³-hybridized carbons (Fsp3) is 0.244. The number of quaternary nitrogens is 3. The second kappa shape index (κ2) is 28.6. The van der Waals surface area contributed by atoms with Gasteiger partial charge in [0.05, 0.1) is 92.8 Å². The molecule has 12 rings (SSSR count). The van der Waals surface area contributed by atoms with Crippen LogP contribution in [0.1, 0.15) is 87.5 Å². The summed E-state index contributed by atoms with van der Waals surface area (Å²) in [6.45, 7) is 2.99. The van der Waals surface area contributed by atoms with E-state index >= 15 is 0 Å². The third-order valence-electron chi connectivity index (χ3n) is 17.4. The van der Waals surface area contributed by atoms with E-state index in [9.17, 15) is 0 Å². The van der Waals surface area contributed by atoms with Crippen molar-refractivity contribution in [3.8, 4) is 50.3 Å². The van der Waals surface area contributed by atoms with Gasteiger partial charge in [0.15, 0.2) is 0 Å². The molecule has 0 unspecified atom stereocenters. The first-order chi connectivity index (χ1) is 44.9. The second-order valence-corrected chi connectivity index (χ2v) is 30.5. The molecular weight excluding hydrogens is 1200 g/mol. The van der Waals surface area contributed by atoms with Crippen LogP contribution in [0, 0.1) is 0 Å². The smallest absolute Gasteiger partial charge is 0.132 e. The number of fused-ring (bicyclic) bond motifs is 8. The van der Waals surface area contributed by atoms with Crippen molar-refractivity contribution in [3.05, 3.63) is 217 Å². The lowest BCUT2D eigenvalue weighted by Gasteiger charge is -2.23. The van der Waals surface area contributed by atoms with Gasteiger partial charge in [0.25, 0.3) is 0 Å². The van der Waals surface area contributed by atoms with E-state index in [2.05, 4.69) is 299 Å². The number of nitrogens with one attached hydrogen (secondary N) is 2. The van der Waals surface area contributed by atoms with Gasteiger partial charge < -0.3 is 14.7 Å². The summed E-state index contributed by atoms with van der Waals surface area (Å²) in [6.07, 6.45) is 20.3. The molecule has 10 aromatic rings. The van der Waals surface area contributed by atoms with E-state index in [4.69, 9.17) is 14.7 Å². The Morgan fingerprint density at radius 3 is 0.817 bits per heavy atom. The van der Waals surface area contributed by atoms with Crippen LogP contribution in [0.5, 0.6) is 5.75 Å². The van der Waals surface area contributed by atoms with Crippen molar-refractivity contribution < 1.29 is 4.74 Å². The predicted octanol–water partition coefficient (Wildman–Crippen LogP) is 22.3. The number of rotatable bonds is 24. The van der Waals surface area contributed by atoms with Crippen LogP contribution in [0.2, 0.25) is 0 Å². The molecule has 11 heteroatoms. The van der Waals surface area contributed by atoms with E-state index < -0.39 is 0 Å². The molecule has 2 aliphatic rings. The normalized spacial score (nSPS) is 12.5. The number of ether oxygens (including phenoxy) is 1. The molecule has 0 fully saturated rings. The highest BCUT2D eigenvalue weighted by Crippen LogP contribution is 2.42. The van der Waals surface area contributed by atoms with E-state index in [1.165, 1.54) is 83.1 Å². The zero-order valence-corrected chi connectivity index (χ0v) is 58.2. The van der Waals surface area contributed by atoms with Gasteiger partial charge in [-0.15, -0.1) is 0 Å². The van der Waals surface area contributed by atoms with Gasteiger partial charge in [-0.2, -0.15) is 0 Å². The van der Waals surface area contributed by atoms with Crippen molar-refractivity contribution in [2.24, 2.45) is 0 Å². The molecule has 5 heterocycles. The minimum absolute atomic E-state index is 0.708. The number of aromatic amines is 2. The minimum Gasteiger partial charge on any atom is -0.494 e. The third-order valence-corrected chi connectivity index (χ3v) is 20.4. The number of benzene rings is 7. The van der Waals surface area contributed by atoms with E-state index in [0.717, 1.165) is 130 Å². The molecule has 2 aliphatic heterocycles. The summed E-state index contributed by atoms with van der Waals surface area (Å²) in [5.41, 5.74) is 19.3. The van der Waals surface area contributed by atoms with Crippen LogP contribution >= 0.6 is 35.3 Å². The Morgan fingerprint density at radius 2 is 0.548 bits per heavy atom. The molecule has 8 nitrogen and oxygen atoms in total. The SMILES string of the molecule is CCCCCCCCCCCOc1ccc(-c2c3nc(c(-c4ccc(Sc5ccc([N+](C)(C)C)cc5)cc4)c4ccc([nH]4)c(-c4ccc(Sc5ccc([N+](C)(C)C)cc5)cc4)c4nc(c(-c5ccc(Sc6ccc([N+](C)(C)C)cc6)cc5)c5ccc2[nH]5)C=C4)C=C3)cc1. The van der Waals surface area contributed by atoms with Crippen LogP contribution in [0.3, 0.4) is 0 Å². The molecule has 2 N–H and O–H groups in total. The maximum Gasteiger partial charge on any atom is 0.132 e. The zero-order chi connectivity index (χ0) is 64.7. The van der Waals surface area contributed by atoms with Crippen molar-refractivity contribution in [3.63, 3.8) is 0 Å². The number of unbranched alkanes of at least 4 members (excludes halogenated alkanes) is 8. The molecule has 472 valence electrons. The van der Waals surface area contributed by atoms with Gasteiger partial charge in [0, 0.05) is 110 Å². The summed E-state index contributed by atoms with van der Waals surface area (Å²) in [6, 6.07) is 71.1. The molecule has 3 aromatic heterocycles. The number of H-pyrrole nitrogens is 2. The van der Waals surface area contributed by atoms with Gasteiger partial charge in [0.2, 0.25) is 0 Å². The van der Waals surface area contributed by atoms with Crippen LogP contribution in [-0.4, -0.2) is 90.0 Å². The van der Waals surface area contributed by atoms with Crippen LogP contribution < -0.4 is 18.2 Å². The molecule has 7 aromatic carbocycles. The quantitative estimate of drug-likeness (QED) is 0.0464. The summed E-state index contributed by atoms with van der Waals surface area (Å²) in [5, 5.41) is 0. The molecule has 0 atom stereocenters. The van der Waals surface area contributed by atoms with E-state index in [1.54, 1.807) is 35.3 Å². The molecule has 0 saturated carbocycles. The lowest BCUT2D eigenvalue weighted by Crippen LogP contribution is -2.34. The van der Waals surface area contributed by atoms with E-state index in [1.807, 2.05) is 0 Å². The molecule has 0 radical (unpaired) electrons. The Balaban J connectivity index is 0.993. The lowest BCUT2D eigenvalue weighted by atomic mass is 10.0. The van der Waals surface area contributed by atoms with Gasteiger partial charge >= 0.3 is 0 Å². The van der Waals surface area contributed by atoms with Crippen LogP contribution in [0.25, 0.3) is 90.9 Å². The summed E-state index contributed by atoms with van der Waals surface area (Å²) < 4.78 is 8.72. The van der Waals surface area contributed by atoms with Gasteiger partial charge in [0.1, 0.15) is 22.8 Å². The molecule has 0 aliphatic carbocycles. The van der Waals surface area contributed by atoms with Crippen LogP contribution in [-0.2, 0) is 0 Å². The van der Waals surface area contributed by atoms with Gasteiger partial charge in [-0.1, -0.05) is 142 Å². The molecule has 0 spiro atoms. The molecule has 0 amide bonds. The molecular formula is C82H88N7OS3+3. The Morgan fingerprint density at radius 1 is 0.301 bits per heavy atom. The van der Waals surface area contributed by atoms with Crippen LogP contribution in [0.15, 0.2) is 223 Å². The number of hydrogen-bond acceptors (Lipinski definition) is 6. The van der Waals surface area contributed by atoms with Crippen molar-refractivity contribution in [1.29, 1.82) is 0 Å². The monoisotopic (exact) mass is 1280 g/mol. The van der Waals surface area contributed by atoms with Crippen molar-refractivity contribution >= 4 is 98.7 Å². The summed E-state index contributed by atoms with van der Waals surface area (Å²) in [5.74, 6) is 0.875. The van der Waals surface area contributed by atoms with Gasteiger partial charge in [-0.3, -0.25) is 13.4 Å². The number of aromatic nitrogens is 4. The third kappa shape index (κ3) is 15.9. The molecule has 93 heavy (non-hydrogen) atoms.